The minimum atomic E-state index is -0.171. The summed E-state index contributed by atoms with van der Waals surface area (Å²) < 4.78 is 2.05. The number of nitriles is 1. The lowest BCUT2D eigenvalue weighted by atomic mass is 10.1. The zero-order valence-electron chi connectivity index (χ0n) is 17.8. The largest absolute Gasteiger partial charge is 0.360 e. The molecule has 3 aromatic rings. The van der Waals surface area contributed by atoms with Gasteiger partial charge in [0.25, 0.3) is 0 Å². The second-order valence-electron chi connectivity index (χ2n) is 7.69. The fraction of sp³-hybridized carbons (Fsp3) is 0.240. The third-order valence-corrected chi connectivity index (χ3v) is 5.50. The maximum atomic E-state index is 12.4. The average Bonchev–Trinajstić information content (AvgIpc) is 3.18. The fourth-order valence-corrected chi connectivity index (χ4v) is 3.86. The highest BCUT2D eigenvalue weighted by molar-refractivity contribution is 5.96. The van der Waals surface area contributed by atoms with Gasteiger partial charge in [-0.2, -0.15) is 5.26 Å². The Hall–Kier alpha value is -4.05. The first-order valence-electron chi connectivity index (χ1n) is 10.7. The Labute approximate surface area is 186 Å². The third kappa shape index (κ3) is 4.98. The quantitative estimate of drug-likeness (QED) is 0.568. The zero-order chi connectivity index (χ0) is 22.3. The van der Waals surface area contributed by atoms with Gasteiger partial charge in [-0.25, -0.2) is 0 Å². The van der Waals surface area contributed by atoms with E-state index in [1.54, 1.807) is 0 Å². The molecular formula is C25H25N5O2. The van der Waals surface area contributed by atoms with E-state index in [2.05, 4.69) is 16.7 Å². The van der Waals surface area contributed by atoms with Crippen molar-refractivity contribution in [2.45, 2.75) is 19.5 Å². The van der Waals surface area contributed by atoms with Crippen LogP contribution in [0, 0.1) is 11.3 Å². The first-order valence-corrected chi connectivity index (χ1v) is 10.7. The van der Waals surface area contributed by atoms with Crippen molar-refractivity contribution in [1.29, 1.82) is 5.26 Å². The summed E-state index contributed by atoms with van der Waals surface area (Å²) in [4.78, 5) is 25.9. The highest BCUT2D eigenvalue weighted by Crippen LogP contribution is 2.23. The topological polar surface area (TPSA) is 90.2 Å². The van der Waals surface area contributed by atoms with Gasteiger partial charge in [0.15, 0.2) is 0 Å². The minimum Gasteiger partial charge on any atom is -0.360 e. The first kappa shape index (κ1) is 21.2. The van der Waals surface area contributed by atoms with Gasteiger partial charge in [-0.05, 0) is 29.8 Å². The van der Waals surface area contributed by atoms with Gasteiger partial charge in [-0.3, -0.25) is 9.59 Å². The summed E-state index contributed by atoms with van der Waals surface area (Å²) in [5.41, 5.74) is 3.99. The van der Waals surface area contributed by atoms with Gasteiger partial charge in [0, 0.05) is 60.6 Å². The van der Waals surface area contributed by atoms with Crippen LogP contribution < -0.4 is 15.5 Å². The number of nitrogens with one attached hydrogen (secondary N) is 2. The van der Waals surface area contributed by atoms with E-state index in [1.165, 1.54) is 6.08 Å². The molecule has 2 aromatic carbocycles. The van der Waals surface area contributed by atoms with Crippen LogP contribution in [0.1, 0.15) is 17.5 Å². The van der Waals surface area contributed by atoms with Crippen molar-refractivity contribution in [2.24, 2.45) is 0 Å². The molecule has 32 heavy (non-hydrogen) atoms. The van der Waals surface area contributed by atoms with E-state index in [1.807, 2.05) is 70.3 Å². The van der Waals surface area contributed by atoms with Gasteiger partial charge in [-0.1, -0.05) is 30.3 Å². The molecule has 4 rings (SSSR count). The molecule has 2 amide bonds. The minimum absolute atomic E-state index is 0.0348. The number of carbonyl (C=O) groups excluding carboxylic acids is 2. The maximum Gasteiger partial charge on any atom is 0.244 e. The lowest BCUT2D eigenvalue weighted by molar-refractivity contribution is -0.120. The predicted octanol–water partition coefficient (Wildman–Crippen LogP) is 2.82. The molecule has 0 saturated carbocycles. The smallest absolute Gasteiger partial charge is 0.244 e. The van der Waals surface area contributed by atoms with Crippen LogP contribution >= 0.6 is 0 Å². The molecule has 0 spiro atoms. The molecule has 1 saturated heterocycles. The van der Waals surface area contributed by atoms with Crippen LogP contribution in [0.25, 0.3) is 17.0 Å². The molecule has 0 unspecified atom stereocenters. The lowest BCUT2D eigenvalue weighted by Gasteiger charge is -2.28. The lowest BCUT2D eigenvalue weighted by Crippen LogP contribution is -2.47. The molecule has 1 aromatic heterocycles. The number of para-hydroxylation sites is 1. The number of amides is 2. The number of aryl methyl sites for hydroxylation is 1. The fourth-order valence-electron chi connectivity index (χ4n) is 3.86. The van der Waals surface area contributed by atoms with Crippen molar-refractivity contribution in [3.05, 3.63) is 71.9 Å². The SMILES string of the molecule is N#CCCn1cc(/C=C/C(=O)NCc2ccc(N3CCNC(=O)C3)cc2)c2ccccc21. The number of rotatable bonds is 7. The molecule has 2 heterocycles. The highest BCUT2D eigenvalue weighted by Gasteiger charge is 2.16. The van der Waals surface area contributed by atoms with Crippen molar-refractivity contribution < 1.29 is 9.59 Å². The van der Waals surface area contributed by atoms with Crippen LogP contribution in [-0.4, -0.2) is 36.0 Å². The van der Waals surface area contributed by atoms with Gasteiger partial charge >= 0.3 is 0 Å². The third-order valence-electron chi connectivity index (χ3n) is 5.50. The van der Waals surface area contributed by atoms with E-state index in [9.17, 15) is 9.59 Å². The maximum absolute atomic E-state index is 12.4. The van der Waals surface area contributed by atoms with Gasteiger partial charge in [-0.15, -0.1) is 0 Å². The summed E-state index contributed by atoms with van der Waals surface area (Å²) >= 11 is 0. The number of carbonyl (C=O) groups is 2. The van der Waals surface area contributed by atoms with Gasteiger partial charge in [0.05, 0.1) is 19.0 Å². The number of anilines is 1. The van der Waals surface area contributed by atoms with E-state index in [0.29, 0.717) is 32.6 Å². The number of aromatic nitrogens is 1. The molecule has 1 aliphatic rings. The molecule has 7 heteroatoms. The molecule has 0 atom stereocenters. The number of nitrogens with zero attached hydrogens (tertiary/aromatic N) is 3. The Balaban J connectivity index is 1.36. The Kier molecular flexibility index (Phi) is 6.52. The van der Waals surface area contributed by atoms with Crippen LogP contribution in [-0.2, 0) is 22.7 Å². The average molecular weight is 428 g/mol. The van der Waals surface area contributed by atoms with Gasteiger partial charge < -0.3 is 20.1 Å². The van der Waals surface area contributed by atoms with E-state index in [-0.39, 0.29) is 11.8 Å². The Morgan fingerprint density at radius 2 is 2.00 bits per heavy atom. The number of benzene rings is 2. The van der Waals surface area contributed by atoms with E-state index in [4.69, 9.17) is 5.26 Å². The van der Waals surface area contributed by atoms with Gasteiger partial charge in [0.1, 0.15) is 0 Å². The molecule has 0 aliphatic carbocycles. The Morgan fingerprint density at radius 1 is 1.19 bits per heavy atom. The summed E-state index contributed by atoms with van der Waals surface area (Å²) in [6, 6.07) is 18.0. The van der Waals surface area contributed by atoms with E-state index >= 15 is 0 Å². The summed E-state index contributed by atoms with van der Waals surface area (Å²) in [6.45, 7) is 2.86. The second-order valence-corrected chi connectivity index (χ2v) is 7.69. The molecular weight excluding hydrogens is 402 g/mol. The summed E-state index contributed by atoms with van der Waals surface area (Å²) in [7, 11) is 0. The van der Waals surface area contributed by atoms with Crippen LogP contribution in [0.2, 0.25) is 0 Å². The molecule has 7 nitrogen and oxygen atoms in total. The Bertz CT molecular complexity index is 1190. The highest BCUT2D eigenvalue weighted by atomic mass is 16.2. The summed E-state index contributed by atoms with van der Waals surface area (Å²) in [6.07, 6.45) is 5.76. The van der Waals surface area contributed by atoms with Crippen molar-refractivity contribution in [3.63, 3.8) is 0 Å². The van der Waals surface area contributed by atoms with Crippen molar-refractivity contribution in [3.8, 4) is 6.07 Å². The monoisotopic (exact) mass is 427 g/mol. The van der Waals surface area contributed by atoms with Crippen molar-refractivity contribution >= 4 is 34.5 Å². The summed E-state index contributed by atoms with van der Waals surface area (Å²) in [5.74, 6) is -0.136. The first-order chi connectivity index (χ1) is 15.6. The van der Waals surface area contributed by atoms with E-state index in [0.717, 1.165) is 34.3 Å². The molecule has 1 fully saturated rings. The van der Waals surface area contributed by atoms with Crippen molar-refractivity contribution in [1.82, 2.24) is 15.2 Å². The second kappa shape index (κ2) is 9.84. The molecule has 162 valence electrons. The molecule has 2 N–H and O–H groups in total. The summed E-state index contributed by atoms with van der Waals surface area (Å²) in [5, 5.41) is 15.7. The zero-order valence-corrected chi connectivity index (χ0v) is 17.8. The Morgan fingerprint density at radius 3 is 2.78 bits per heavy atom. The molecule has 1 aliphatic heterocycles. The van der Waals surface area contributed by atoms with Crippen LogP contribution in [0.15, 0.2) is 60.8 Å². The number of piperazine rings is 1. The van der Waals surface area contributed by atoms with Crippen LogP contribution in [0.5, 0.6) is 0 Å². The number of fused-ring (bicyclic) bond motifs is 1. The van der Waals surface area contributed by atoms with E-state index < -0.39 is 0 Å². The standard InChI is InChI=1S/C25H25N5O2/c26-12-3-14-30-17-20(22-4-1-2-5-23(22)30)8-11-24(31)28-16-19-6-9-21(10-7-19)29-15-13-27-25(32)18-29/h1-2,4-11,17H,3,13-16,18H2,(H,27,32)(H,28,31)/b11-8+. The number of hydrogen-bond acceptors (Lipinski definition) is 4. The van der Waals surface area contributed by atoms with Crippen LogP contribution in [0.4, 0.5) is 5.69 Å². The molecule has 0 bridgehead atoms. The van der Waals surface area contributed by atoms with Crippen LogP contribution in [0.3, 0.4) is 0 Å². The molecule has 0 radical (unpaired) electrons. The predicted molar refractivity (Wildman–Crippen MR) is 125 cm³/mol. The van der Waals surface area contributed by atoms with Crippen molar-refractivity contribution in [2.75, 3.05) is 24.5 Å². The van der Waals surface area contributed by atoms with Gasteiger partial charge in [0.2, 0.25) is 11.8 Å². The number of hydrogen-bond donors (Lipinski definition) is 2. The normalized spacial score (nSPS) is 13.8.